The van der Waals surface area contributed by atoms with Crippen LogP contribution in [0.4, 0.5) is 5.82 Å². The summed E-state index contributed by atoms with van der Waals surface area (Å²) in [5.74, 6) is 0.289. The van der Waals surface area contributed by atoms with Crippen LogP contribution in [0.15, 0.2) is 9.59 Å². The Hall–Kier alpha value is -2.60. The first-order valence-electron chi connectivity index (χ1n) is 7.28. The van der Waals surface area contributed by atoms with Gasteiger partial charge in [-0.15, -0.1) is 0 Å². The number of nitrogens with one attached hydrogen (secondary N) is 1. The molecule has 2 heterocycles. The number of nitriles is 1. The highest BCUT2D eigenvalue weighted by atomic mass is 16.2. The number of hydrogen-bond acceptors (Lipinski definition) is 6. The molecule has 0 radical (unpaired) electrons. The molecule has 124 valence electrons. The number of hydrogen-bond donors (Lipinski definition) is 1. The third-order valence-corrected chi connectivity index (χ3v) is 4.06. The second-order valence-corrected chi connectivity index (χ2v) is 5.45. The Labute approximate surface area is 133 Å². The summed E-state index contributed by atoms with van der Waals surface area (Å²) in [4.78, 5) is 39.5. The molecule has 1 aromatic heterocycles. The van der Waals surface area contributed by atoms with Gasteiger partial charge in [0.25, 0.3) is 5.56 Å². The number of rotatable bonds is 3. The van der Waals surface area contributed by atoms with Gasteiger partial charge in [-0.3, -0.25) is 23.6 Å². The third-order valence-electron chi connectivity index (χ3n) is 4.06. The highest BCUT2D eigenvalue weighted by molar-refractivity contribution is 5.77. The van der Waals surface area contributed by atoms with Crippen LogP contribution in [0.3, 0.4) is 0 Å². The largest absolute Gasteiger partial charge is 0.358 e. The van der Waals surface area contributed by atoms with E-state index < -0.39 is 11.2 Å². The Morgan fingerprint density at radius 1 is 1.17 bits per heavy atom. The predicted molar refractivity (Wildman–Crippen MR) is 84.4 cm³/mol. The fourth-order valence-corrected chi connectivity index (χ4v) is 2.70. The van der Waals surface area contributed by atoms with Crippen molar-refractivity contribution in [2.45, 2.75) is 0 Å². The van der Waals surface area contributed by atoms with Crippen molar-refractivity contribution >= 4 is 11.7 Å². The van der Waals surface area contributed by atoms with Gasteiger partial charge in [0.05, 0.1) is 6.54 Å². The van der Waals surface area contributed by atoms with Crippen LogP contribution in [0.5, 0.6) is 0 Å². The molecule has 1 aromatic rings. The van der Waals surface area contributed by atoms with E-state index in [0.29, 0.717) is 38.5 Å². The van der Waals surface area contributed by atoms with Crippen molar-refractivity contribution in [2.24, 2.45) is 14.1 Å². The molecule has 2 rings (SSSR count). The Kier molecular flexibility index (Phi) is 4.86. The topological polar surface area (TPSA) is 103 Å². The molecular formula is C14H20N6O3. The zero-order chi connectivity index (χ0) is 17.1. The molecule has 0 aliphatic carbocycles. The maximum atomic E-state index is 12.1. The van der Waals surface area contributed by atoms with Gasteiger partial charge in [-0.25, -0.2) is 4.79 Å². The fourth-order valence-electron chi connectivity index (χ4n) is 2.70. The third kappa shape index (κ3) is 3.12. The second-order valence-electron chi connectivity index (χ2n) is 5.45. The molecule has 23 heavy (non-hydrogen) atoms. The van der Waals surface area contributed by atoms with E-state index >= 15 is 0 Å². The number of carbonyl (C=O) groups excluding carboxylic acids is 1. The van der Waals surface area contributed by atoms with Gasteiger partial charge < -0.3 is 10.2 Å². The quantitative estimate of drug-likeness (QED) is 0.679. The van der Waals surface area contributed by atoms with Crippen LogP contribution in [0, 0.1) is 11.3 Å². The molecular weight excluding hydrogens is 300 g/mol. The first-order valence-corrected chi connectivity index (χ1v) is 7.28. The normalized spacial score (nSPS) is 15.3. The summed E-state index contributed by atoms with van der Waals surface area (Å²) in [5, 5.41) is 11.9. The molecule has 0 aromatic carbocycles. The van der Waals surface area contributed by atoms with Crippen LogP contribution >= 0.6 is 0 Å². The highest BCUT2D eigenvalue weighted by Crippen LogP contribution is 2.16. The maximum Gasteiger partial charge on any atom is 0.332 e. The van der Waals surface area contributed by atoms with Crippen molar-refractivity contribution in [3.05, 3.63) is 26.4 Å². The van der Waals surface area contributed by atoms with Gasteiger partial charge in [-0.2, -0.15) is 5.26 Å². The van der Waals surface area contributed by atoms with Crippen molar-refractivity contribution < 1.29 is 4.79 Å². The van der Waals surface area contributed by atoms with E-state index in [9.17, 15) is 19.6 Å². The Morgan fingerprint density at radius 2 is 1.78 bits per heavy atom. The van der Waals surface area contributed by atoms with Gasteiger partial charge >= 0.3 is 5.69 Å². The van der Waals surface area contributed by atoms with Gasteiger partial charge in [0.15, 0.2) is 5.56 Å². The lowest BCUT2D eigenvalue weighted by molar-refractivity contribution is -0.121. The molecule has 1 fully saturated rings. The molecule has 0 bridgehead atoms. The lowest BCUT2D eigenvalue weighted by Crippen LogP contribution is -2.51. The summed E-state index contributed by atoms with van der Waals surface area (Å²) in [7, 11) is 4.50. The fraction of sp³-hybridized carbons (Fsp3) is 0.571. The number of carbonyl (C=O) groups is 1. The Morgan fingerprint density at radius 3 is 2.30 bits per heavy atom. The number of anilines is 1. The lowest BCUT2D eigenvalue weighted by Gasteiger charge is -2.36. The monoisotopic (exact) mass is 320 g/mol. The minimum atomic E-state index is -0.585. The van der Waals surface area contributed by atoms with Crippen molar-refractivity contribution in [3.63, 3.8) is 0 Å². The number of amides is 1. The summed E-state index contributed by atoms with van der Waals surface area (Å²) in [6.45, 7) is 2.60. The van der Waals surface area contributed by atoms with Gasteiger partial charge in [0, 0.05) is 47.3 Å². The van der Waals surface area contributed by atoms with E-state index in [1.807, 2.05) is 15.9 Å². The predicted octanol–water partition coefficient (Wildman–Crippen LogP) is -2.18. The summed E-state index contributed by atoms with van der Waals surface area (Å²) < 4.78 is 2.26. The average molecular weight is 320 g/mol. The molecule has 9 heteroatoms. The highest BCUT2D eigenvalue weighted by Gasteiger charge is 2.25. The molecule has 0 atom stereocenters. The number of nitrogens with zero attached hydrogens (tertiary/aromatic N) is 5. The molecule has 9 nitrogen and oxygen atoms in total. The van der Waals surface area contributed by atoms with E-state index in [-0.39, 0.29) is 11.5 Å². The van der Waals surface area contributed by atoms with Crippen molar-refractivity contribution in [2.75, 3.05) is 44.7 Å². The molecule has 1 aliphatic rings. The first-order chi connectivity index (χ1) is 10.9. The minimum Gasteiger partial charge on any atom is -0.358 e. The standard InChI is InChI=1S/C14H20N6O3/c1-16-11(21)9-19-4-6-20(7-5-19)12-10(8-15)13(22)18(3)14(23)17(12)2/h4-7,9H2,1-3H3,(H,16,21). The first kappa shape index (κ1) is 16.8. The Bertz CT molecular complexity index is 764. The van der Waals surface area contributed by atoms with Crippen molar-refractivity contribution in [3.8, 4) is 6.07 Å². The summed E-state index contributed by atoms with van der Waals surface area (Å²) in [6.07, 6.45) is 0. The van der Waals surface area contributed by atoms with Crippen molar-refractivity contribution in [1.82, 2.24) is 19.4 Å². The molecule has 1 N–H and O–H groups in total. The van der Waals surface area contributed by atoms with Crippen LogP contribution in [0.1, 0.15) is 5.56 Å². The summed E-state index contributed by atoms with van der Waals surface area (Å²) in [6, 6.07) is 1.91. The average Bonchev–Trinajstić information content (AvgIpc) is 2.56. The lowest BCUT2D eigenvalue weighted by atomic mass is 10.2. The van der Waals surface area contributed by atoms with E-state index in [4.69, 9.17) is 0 Å². The number of piperazine rings is 1. The van der Waals surface area contributed by atoms with Gasteiger partial charge in [-0.05, 0) is 0 Å². The molecule has 1 saturated heterocycles. The van der Waals surface area contributed by atoms with Gasteiger partial charge in [-0.1, -0.05) is 0 Å². The van der Waals surface area contributed by atoms with Gasteiger partial charge in [0.2, 0.25) is 5.91 Å². The summed E-state index contributed by atoms with van der Waals surface area (Å²) >= 11 is 0. The number of likely N-dealkylation sites (N-methyl/N-ethyl adjacent to an activating group) is 1. The van der Waals surface area contributed by atoms with Gasteiger partial charge in [0.1, 0.15) is 11.9 Å². The van der Waals surface area contributed by atoms with E-state index in [0.717, 1.165) is 4.57 Å². The molecule has 1 amide bonds. The van der Waals surface area contributed by atoms with E-state index in [2.05, 4.69) is 5.32 Å². The molecule has 0 spiro atoms. The van der Waals surface area contributed by atoms with Crippen molar-refractivity contribution in [1.29, 1.82) is 5.26 Å². The second kappa shape index (κ2) is 6.66. The smallest absolute Gasteiger partial charge is 0.332 e. The molecule has 1 aliphatic heterocycles. The zero-order valence-corrected chi connectivity index (χ0v) is 13.5. The summed E-state index contributed by atoms with van der Waals surface area (Å²) in [5.41, 5.74) is -1.08. The minimum absolute atomic E-state index is 0.0330. The van der Waals surface area contributed by atoms with Crippen LogP contribution in [0.2, 0.25) is 0 Å². The molecule has 0 saturated carbocycles. The van der Waals surface area contributed by atoms with Crippen LogP contribution in [0.25, 0.3) is 0 Å². The zero-order valence-electron chi connectivity index (χ0n) is 13.5. The molecule has 0 unspecified atom stereocenters. The van der Waals surface area contributed by atoms with E-state index in [1.54, 1.807) is 14.1 Å². The Balaban J connectivity index is 2.29. The van der Waals surface area contributed by atoms with Crippen LogP contribution < -0.4 is 21.5 Å². The SMILES string of the molecule is CNC(=O)CN1CCN(c2c(C#N)c(=O)n(C)c(=O)n2C)CC1. The van der Waals surface area contributed by atoms with E-state index in [1.165, 1.54) is 11.6 Å². The maximum absolute atomic E-state index is 12.1. The van der Waals surface area contributed by atoms with Crippen LogP contribution in [-0.2, 0) is 18.9 Å². The number of aromatic nitrogens is 2. The van der Waals surface area contributed by atoms with Crippen LogP contribution in [-0.4, -0.2) is 59.7 Å².